The van der Waals surface area contributed by atoms with Crippen LogP contribution in [0, 0.1) is 6.92 Å². The average Bonchev–Trinajstić information content (AvgIpc) is 3.55. The molecule has 6 rings (SSSR count). The van der Waals surface area contributed by atoms with E-state index in [1.165, 1.54) is 4.70 Å². The van der Waals surface area contributed by atoms with Gasteiger partial charge in [0.05, 0.1) is 16.1 Å². The molecular weight excluding hydrogens is 490 g/mol. The molecule has 0 aliphatic carbocycles. The molecular formula is C28H20ClN5OS. The van der Waals surface area contributed by atoms with Crippen LogP contribution in [0.2, 0.25) is 5.02 Å². The van der Waals surface area contributed by atoms with Gasteiger partial charge in [-0.05, 0) is 75.8 Å². The Hall–Kier alpha value is -4.07. The van der Waals surface area contributed by atoms with Gasteiger partial charge in [-0.2, -0.15) is 0 Å². The van der Waals surface area contributed by atoms with Gasteiger partial charge >= 0.3 is 0 Å². The summed E-state index contributed by atoms with van der Waals surface area (Å²) >= 11 is 7.79. The summed E-state index contributed by atoms with van der Waals surface area (Å²) in [4.78, 5) is 5.77. The molecule has 0 fully saturated rings. The molecule has 0 radical (unpaired) electrons. The Morgan fingerprint density at radius 1 is 1.03 bits per heavy atom. The first-order chi connectivity index (χ1) is 17.5. The van der Waals surface area contributed by atoms with Crippen LogP contribution in [-0.2, 0) is 6.61 Å². The summed E-state index contributed by atoms with van der Waals surface area (Å²) in [7, 11) is 0. The van der Waals surface area contributed by atoms with Gasteiger partial charge in [-0.1, -0.05) is 54.6 Å². The maximum atomic E-state index is 6.14. The number of aromatic nitrogens is 5. The summed E-state index contributed by atoms with van der Waals surface area (Å²) in [5, 5.41) is 17.1. The van der Waals surface area contributed by atoms with Crippen LogP contribution >= 0.6 is 22.9 Å². The number of thiophene rings is 1. The largest absolute Gasteiger partial charge is 0.489 e. The van der Waals surface area contributed by atoms with Crippen LogP contribution in [0.1, 0.15) is 22.4 Å². The summed E-state index contributed by atoms with van der Waals surface area (Å²) in [5.74, 6) is 1.50. The first kappa shape index (κ1) is 22.4. The number of rotatable bonds is 6. The van der Waals surface area contributed by atoms with Crippen LogP contribution in [0.5, 0.6) is 5.75 Å². The van der Waals surface area contributed by atoms with Crippen molar-refractivity contribution in [3.63, 3.8) is 0 Å². The topological polar surface area (TPSA) is 76.6 Å². The lowest BCUT2D eigenvalue weighted by Gasteiger charge is -2.10. The van der Waals surface area contributed by atoms with Crippen LogP contribution in [0.25, 0.3) is 37.3 Å². The lowest BCUT2D eigenvalue weighted by molar-refractivity contribution is 0.306. The lowest BCUT2D eigenvalue weighted by Crippen LogP contribution is -1.96. The zero-order valence-electron chi connectivity index (χ0n) is 19.3. The van der Waals surface area contributed by atoms with Crippen molar-refractivity contribution in [3.8, 4) is 16.5 Å². The van der Waals surface area contributed by atoms with E-state index in [-0.39, 0.29) is 0 Å². The van der Waals surface area contributed by atoms with Crippen molar-refractivity contribution in [1.82, 2.24) is 25.6 Å². The smallest absolute Gasteiger partial charge is 0.189 e. The van der Waals surface area contributed by atoms with Crippen LogP contribution in [0.3, 0.4) is 0 Å². The van der Waals surface area contributed by atoms with E-state index < -0.39 is 0 Å². The molecule has 3 aromatic heterocycles. The molecule has 3 heterocycles. The van der Waals surface area contributed by atoms with Gasteiger partial charge in [-0.15, -0.1) is 16.4 Å². The van der Waals surface area contributed by atoms with Crippen molar-refractivity contribution in [3.05, 3.63) is 107 Å². The highest BCUT2D eigenvalue weighted by molar-refractivity contribution is 7.22. The first-order valence-corrected chi connectivity index (χ1v) is 12.5. The summed E-state index contributed by atoms with van der Waals surface area (Å²) in [6, 6.07) is 24.1. The number of ether oxygens (including phenoxy) is 1. The Morgan fingerprint density at radius 3 is 2.67 bits per heavy atom. The molecule has 6 nitrogen and oxygen atoms in total. The summed E-state index contributed by atoms with van der Waals surface area (Å²) < 4.78 is 7.27. The van der Waals surface area contributed by atoms with Crippen molar-refractivity contribution < 1.29 is 4.74 Å². The molecule has 176 valence electrons. The average molecular weight is 510 g/mol. The van der Waals surface area contributed by atoms with Crippen molar-refractivity contribution in [2.45, 2.75) is 13.5 Å². The van der Waals surface area contributed by atoms with Crippen LogP contribution in [0.4, 0.5) is 0 Å². The molecule has 0 spiro atoms. The predicted octanol–water partition coefficient (Wildman–Crippen LogP) is 7.23. The Morgan fingerprint density at radius 2 is 1.86 bits per heavy atom. The van der Waals surface area contributed by atoms with E-state index >= 15 is 0 Å². The van der Waals surface area contributed by atoms with Crippen molar-refractivity contribution >= 4 is 49.5 Å². The molecule has 1 N–H and O–H groups in total. The van der Waals surface area contributed by atoms with Gasteiger partial charge in [0, 0.05) is 20.7 Å². The maximum Gasteiger partial charge on any atom is 0.189 e. The number of tetrazole rings is 1. The number of aromatic amines is 1. The van der Waals surface area contributed by atoms with Gasteiger partial charge in [-0.25, -0.2) is 10.1 Å². The third kappa shape index (κ3) is 4.23. The van der Waals surface area contributed by atoms with Crippen molar-refractivity contribution in [2.24, 2.45) is 0 Å². The molecule has 0 amide bonds. The summed E-state index contributed by atoms with van der Waals surface area (Å²) in [5.41, 5.74) is 5.76. The van der Waals surface area contributed by atoms with Gasteiger partial charge in [-0.3, -0.25) is 0 Å². The first-order valence-electron chi connectivity index (χ1n) is 11.3. The predicted molar refractivity (Wildman–Crippen MR) is 145 cm³/mol. The van der Waals surface area contributed by atoms with Crippen LogP contribution in [0.15, 0.2) is 79.4 Å². The minimum atomic E-state index is 0.465. The number of pyridine rings is 1. The fraction of sp³-hybridized carbons (Fsp3) is 0.0714. The van der Waals surface area contributed by atoms with Gasteiger partial charge in [0.2, 0.25) is 0 Å². The molecule has 6 aromatic rings. The zero-order valence-corrected chi connectivity index (χ0v) is 20.9. The molecule has 0 unspecified atom stereocenters. The number of aryl methyl sites for hydroxylation is 1. The molecule has 8 heteroatoms. The number of nitrogens with one attached hydrogen (secondary N) is 1. The Bertz CT molecular complexity index is 1730. The van der Waals surface area contributed by atoms with E-state index in [0.29, 0.717) is 17.5 Å². The minimum Gasteiger partial charge on any atom is -0.489 e. The second-order valence-electron chi connectivity index (χ2n) is 8.46. The molecule has 0 atom stereocenters. The highest BCUT2D eigenvalue weighted by Crippen LogP contribution is 2.38. The number of H-pyrrole nitrogens is 1. The number of nitrogens with zero attached hydrogens (tertiary/aromatic N) is 4. The molecule has 0 aliphatic heterocycles. The second-order valence-corrected chi connectivity index (χ2v) is 9.95. The SMILES string of the molecule is C=C(c1ccc(COc2ccc3sc(-c4nnn[nH]4)c(C)c3c2)cc1)c1ccc2ccc(Cl)cc2n1. The number of hydrogen-bond acceptors (Lipinski definition) is 6. The zero-order chi connectivity index (χ0) is 24.6. The number of hydrogen-bond donors (Lipinski definition) is 1. The Kier molecular flexibility index (Phi) is 5.71. The van der Waals surface area contributed by atoms with E-state index in [1.807, 2.05) is 36.4 Å². The highest BCUT2D eigenvalue weighted by atomic mass is 35.5. The van der Waals surface area contributed by atoms with E-state index in [1.54, 1.807) is 11.3 Å². The normalized spacial score (nSPS) is 11.3. The Balaban J connectivity index is 1.17. The fourth-order valence-corrected chi connectivity index (χ4v) is 5.44. The standard InChI is InChI=1S/C28H20ClN5OS/c1-16(24-11-8-20-7-9-21(29)13-25(20)30-24)19-5-3-18(4-6-19)15-35-22-10-12-26-23(14-22)17(2)27(36-26)28-31-33-34-32-28/h3-14H,1,15H2,2H3,(H,31,32,33,34). The maximum absolute atomic E-state index is 6.14. The van der Waals surface area contributed by atoms with E-state index in [4.69, 9.17) is 21.3 Å². The van der Waals surface area contributed by atoms with Gasteiger partial charge in [0.25, 0.3) is 0 Å². The monoisotopic (exact) mass is 509 g/mol. The lowest BCUT2D eigenvalue weighted by atomic mass is 10.0. The highest BCUT2D eigenvalue weighted by Gasteiger charge is 2.14. The molecule has 0 saturated heterocycles. The van der Waals surface area contributed by atoms with Crippen molar-refractivity contribution in [1.29, 1.82) is 0 Å². The van der Waals surface area contributed by atoms with E-state index in [2.05, 4.69) is 70.5 Å². The number of fused-ring (bicyclic) bond motifs is 2. The Labute approximate surface area is 216 Å². The van der Waals surface area contributed by atoms with E-state index in [9.17, 15) is 0 Å². The number of benzene rings is 3. The third-order valence-electron chi connectivity index (χ3n) is 6.14. The van der Waals surface area contributed by atoms with Gasteiger partial charge in [0.15, 0.2) is 5.82 Å². The van der Waals surface area contributed by atoms with Crippen LogP contribution in [-0.4, -0.2) is 25.6 Å². The second kappa shape index (κ2) is 9.18. The summed E-state index contributed by atoms with van der Waals surface area (Å²) in [6.45, 7) is 6.80. The van der Waals surface area contributed by atoms with E-state index in [0.717, 1.165) is 54.9 Å². The molecule has 3 aromatic carbocycles. The molecule has 0 saturated carbocycles. The van der Waals surface area contributed by atoms with Gasteiger partial charge in [0.1, 0.15) is 12.4 Å². The van der Waals surface area contributed by atoms with Crippen molar-refractivity contribution in [2.75, 3.05) is 0 Å². The molecule has 0 aliphatic rings. The summed E-state index contributed by atoms with van der Waals surface area (Å²) in [6.07, 6.45) is 0. The minimum absolute atomic E-state index is 0.465. The third-order valence-corrected chi connectivity index (χ3v) is 7.65. The fourth-order valence-electron chi connectivity index (χ4n) is 4.15. The van der Waals surface area contributed by atoms with Crippen LogP contribution < -0.4 is 4.74 Å². The molecule has 36 heavy (non-hydrogen) atoms. The quantitative estimate of drug-likeness (QED) is 0.256. The number of halogens is 1. The van der Waals surface area contributed by atoms with Gasteiger partial charge < -0.3 is 4.74 Å². The molecule has 0 bridgehead atoms.